The Kier molecular flexibility index (Phi) is 8.84. The molecule has 0 unspecified atom stereocenters. The third-order valence-electron chi connectivity index (χ3n) is 5.00. The molecule has 7 heteroatoms. The lowest BCUT2D eigenvalue weighted by Crippen LogP contribution is -2.47. The van der Waals surface area contributed by atoms with Crippen molar-refractivity contribution in [3.8, 4) is 0 Å². The highest BCUT2D eigenvalue weighted by atomic mass is 35.5. The van der Waals surface area contributed by atoms with Gasteiger partial charge in [0.1, 0.15) is 0 Å². The molecule has 1 fully saturated rings. The van der Waals surface area contributed by atoms with E-state index in [1.165, 1.54) is 5.56 Å². The van der Waals surface area contributed by atoms with Gasteiger partial charge in [-0.15, -0.1) is 12.4 Å². The van der Waals surface area contributed by atoms with Gasteiger partial charge in [-0.2, -0.15) is 0 Å². The summed E-state index contributed by atoms with van der Waals surface area (Å²) in [5.74, 6) is 0. The number of rotatable bonds is 8. The van der Waals surface area contributed by atoms with Crippen molar-refractivity contribution in [3.05, 3.63) is 29.3 Å². The van der Waals surface area contributed by atoms with Crippen molar-refractivity contribution in [3.63, 3.8) is 0 Å². The smallest absolute Gasteiger partial charge is 0.240 e. The Bertz CT molecular complexity index is 638. The predicted molar refractivity (Wildman–Crippen MR) is 104 cm³/mol. The zero-order valence-corrected chi connectivity index (χ0v) is 17.1. The number of benzene rings is 1. The number of nitrogens with one attached hydrogen (secondary N) is 2. The van der Waals surface area contributed by atoms with Crippen LogP contribution >= 0.6 is 12.4 Å². The second-order valence-electron chi connectivity index (χ2n) is 6.65. The highest BCUT2D eigenvalue weighted by Crippen LogP contribution is 2.29. The van der Waals surface area contributed by atoms with Crippen molar-refractivity contribution >= 4 is 22.4 Å². The molecule has 1 aromatic carbocycles. The molecule has 0 aromatic heterocycles. The number of methoxy groups -OCH3 is 1. The lowest BCUT2D eigenvalue weighted by Gasteiger charge is -2.37. The van der Waals surface area contributed by atoms with Crippen LogP contribution in [0.15, 0.2) is 23.1 Å². The summed E-state index contributed by atoms with van der Waals surface area (Å²) in [4.78, 5) is 0.359. The summed E-state index contributed by atoms with van der Waals surface area (Å²) in [7, 11) is -1.82. The SMILES string of the molecule is CCc1ccc(S(=O)(=O)NCC2(COC)CCNCC2)cc1CC.Cl. The second kappa shape index (κ2) is 9.88. The average Bonchev–Trinajstić information content (AvgIpc) is 2.60. The van der Waals surface area contributed by atoms with E-state index in [1.54, 1.807) is 13.2 Å². The zero-order chi connectivity index (χ0) is 17.6. The lowest BCUT2D eigenvalue weighted by molar-refractivity contribution is 0.0577. The van der Waals surface area contributed by atoms with Gasteiger partial charge < -0.3 is 10.1 Å². The fraction of sp³-hybridized carbons (Fsp3) is 0.667. The lowest BCUT2D eigenvalue weighted by atomic mass is 9.80. The van der Waals surface area contributed by atoms with Crippen LogP contribution in [0.2, 0.25) is 0 Å². The Morgan fingerprint density at radius 1 is 1.16 bits per heavy atom. The van der Waals surface area contributed by atoms with Gasteiger partial charge in [0.25, 0.3) is 0 Å². The minimum absolute atomic E-state index is 0. The summed E-state index contributed by atoms with van der Waals surface area (Å²) >= 11 is 0. The Labute approximate surface area is 158 Å². The summed E-state index contributed by atoms with van der Waals surface area (Å²) in [6, 6.07) is 5.46. The minimum atomic E-state index is -3.50. The monoisotopic (exact) mass is 390 g/mol. The van der Waals surface area contributed by atoms with Crippen molar-refractivity contribution in [2.24, 2.45) is 5.41 Å². The van der Waals surface area contributed by atoms with Crippen molar-refractivity contribution in [1.29, 1.82) is 0 Å². The van der Waals surface area contributed by atoms with Crippen molar-refractivity contribution in [2.45, 2.75) is 44.4 Å². The summed E-state index contributed by atoms with van der Waals surface area (Å²) in [6.45, 7) is 6.94. The first-order chi connectivity index (χ1) is 11.5. The highest BCUT2D eigenvalue weighted by Gasteiger charge is 2.33. The number of ether oxygens (including phenoxy) is 1. The molecule has 144 valence electrons. The molecule has 0 spiro atoms. The van der Waals surface area contributed by atoms with Gasteiger partial charge in [-0.3, -0.25) is 0 Å². The van der Waals surface area contributed by atoms with E-state index in [0.717, 1.165) is 44.3 Å². The number of aryl methyl sites for hydroxylation is 2. The first-order valence-electron chi connectivity index (χ1n) is 8.77. The normalized spacial score (nSPS) is 17.1. The van der Waals surface area contributed by atoms with Gasteiger partial charge in [-0.05, 0) is 62.0 Å². The topological polar surface area (TPSA) is 67.4 Å². The van der Waals surface area contributed by atoms with E-state index in [1.807, 2.05) is 12.1 Å². The van der Waals surface area contributed by atoms with E-state index in [-0.39, 0.29) is 17.8 Å². The molecule has 5 nitrogen and oxygen atoms in total. The van der Waals surface area contributed by atoms with Crippen molar-refractivity contribution in [1.82, 2.24) is 10.0 Å². The third-order valence-corrected chi connectivity index (χ3v) is 6.40. The van der Waals surface area contributed by atoms with Crippen LogP contribution in [0.25, 0.3) is 0 Å². The van der Waals surface area contributed by atoms with Gasteiger partial charge in [-0.25, -0.2) is 13.1 Å². The second-order valence-corrected chi connectivity index (χ2v) is 8.41. The van der Waals surface area contributed by atoms with Gasteiger partial charge >= 0.3 is 0 Å². The van der Waals surface area contributed by atoms with Crippen LogP contribution in [-0.4, -0.2) is 41.8 Å². The summed E-state index contributed by atoms with van der Waals surface area (Å²) < 4.78 is 33.6. The van der Waals surface area contributed by atoms with Crippen LogP contribution in [0.5, 0.6) is 0 Å². The number of hydrogen-bond acceptors (Lipinski definition) is 4. The van der Waals surface area contributed by atoms with E-state index in [4.69, 9.17) is 4.74 Å². The predicted octanol–water partition coefficient (Wildman–Crippen LogP) is 2.53. The molecule has 1 aromatic rings. The number of piperidine rings is 1. The van der Waals surface area contributed by atoms with Crippen LogP contribution < -0.4 is 10.0 Å². The molecule has 1 saturated heterocycles. The van der Waals surface area contributed by atoms with E-state index >= 15 is 0 Å². The first kappa shape index (κ1) is 22.4. The van der Waals surface area contributed by atoms with Crippen LogP contribution in [0.4, 0.5) is 0 Å². The molecule has 0 radical (unpaired) electrons. The van der Waals surface area contributed by atoms with Crippen molar-refractivity contribution < 1.29 is 13.2 Å². The van der Waals surface area contributed by atoms with E-state index in [0.29, 0.717) is 18.0 Å². The van der Waals surface area contributed by atoms with Gasteiger partial charge in [0.05, 0.1) is 11.5 Å². The third kappa shape index (κ3) is 5.66. The fourth-order valence-electron chi connectivity index (χ4n) is 3.41. The van der Waals surface area contributed by atoms with Crippen LogP contribution in [0, 0.1) is 5.41 Å². The maximum atomic E-state index is 12.7. The molecule has 1 heterocycles. The van der Waals surface area contributed by atoms with Crippen LogP contribution in [0.1, 0.15) is 37.8 Å². The van der Waals surface area contributed by atoms with Gasteiger partial charge in [-0.1, -0.05) is 19.9 Å². The quantitative estimate of drug-likeness (QED) is 0.715. The summed E-state index contributed by atoms with van der Waals surface area (Å²) in [6.07, 6.45) is 3.59. The molecule has 0 bridgehead atoms. The van der Waals surface area contributed by atoms with E-state index in [9.17, 15) is 8.42 Å². The van der Waals surface area contributed by atoms with Crippen LogP contribution in [0.3, 0.4) is 0 Å². The molecule has 25 heavy (non-hydrogen) atoms. The fourth-order valence-corrected chi connectivity index (χ4v) is 4.62. The van der Waals surface area contributed by atoms with Gasteiger partial charge in [0.2, 0.25) is 10.0 Å². The molecule has 0 aliphatic carbocycles. The molecule has 2 N–H and O–H groups in total. The molecule has 1 aliphatic rings. The number of hydrogen-bond donors (Lipinski definition) is 2. The van der Waals surface area contributed by atoms with Gasteiger partial charge in [0.15, 0.2) is 0 Å². The minimum Gasteiger partial charge on any atom is -0.384 e. The maximum Gasteiger partial charge on any atom is 0.240 e. The zero-order valence-electron chi connectivity index (χ0n) is 15.4. The molecule has 0 amide bonds. The average molecular weight is 391 g/mol. The molecule has 0 atom stereocenters. The van der Waals surface area contributed by atoms with E-state index < -0.39 is 10.0 Å². The maximum absolute atomic E-state index is 12.7. The summed E-state index contributed by atoms with van der Waals surface area (Å²) in [5.41, 5.74) is 2.20. The largest absolute Gasteiger partial charge is 0.384 e. The molecular formula is C18H31ClN2O3S. The summed E-state index contributed by atoms with van der Waals surface area (Å²) in [5, 5.41) is 3.32. The highest BCUT2D eigenvalue weighted by molar-refractivity contribution is 7.89. The molecule has 1 aliphatic heterocycles. The molecular weight excluding hydrogens is 360 g/mol. The van der Waals surface area contributed by atoms with Crippen molar-refractivity contribution in [2.75, 3.05) is 33.4 Å². The standard InChI is InChI=1S/C18H30N2O3S.ClH/c1-4-15-6-7-17(12-16(15)5-2)24(21,22)20-13-18(14-23-3)8-10-19-11-9-18;/h6-7,12,19-20H,4-5,8-11,13-14H2,1-3H3;1H. The van der Waals surface area contributed by atoms with Gasteiger partial charge in [0, 0.05) is 19.1 Å². The van der Waals surface area contributed by atoms with Crippen LogP contribution in [-0.2, 0) is 27.6 Å². The Hall–Kier alpha value is -0.660. The Morgan fingerprint density at radius 2 is 1.80 bits per heavy atom. The number of halogens is 1. The number of sulfonamides is 1. The van der Waals surface area contributed by atoms with E-state index in [2.05, 4.69) is 23.9 Å². The first-order valence-corrected chi connectivity index (χ1v) is 10.3. The molecule has 2 rings (SSSR count). The Morgan fingerprint density at radius 3 is 2.36 bits per heavy atom. The molecule has 0 saturated carbocycles. The Balaban J connectivity index is 0.00000312.